The maximum atomic E-state index is 11.7. The highest BCUT2D eigenvalue weighted by Crippen LogP contribution is 2.20. The molecular weight excluding hydrogens is 228 g/mol. The molecule has 1 fully saturated rings. The standard InChI is InChI=1S/C11H17ClN2O2/c1-7(2)14-6-9(4-10(14)15)11(16)13-5-8(3)12/h7,9H,3-6H2,1-2H3,(H,13,16). The van der Waals surface area contributed by atoms with Gasteiger partial charge in [0.25, 0.3) is 0 Å². The SMILES string of the molecule is C=C(Cl)CNC(=O)C1CC(=O)N(C(C)C)C1. The van der Waals surface area contributed by atoms with Crippen LogP contribution in [0, 0.1) is 5.92 Å². The maximum Gasteiger partial charge on any atom is 0.225 e. The van der Waals surface area contributed by atoms with Gasteiger partial charge >= 0.3 is 0 Å². The van der Waals surface area contributed by atoms with Crippen molar-refractivity contribution < 1.29 is 9.59 Å². The third-order valence-electron chi connectivity index (χ3n) is 2.61. The molecule has 0 spiro atoms. The quantitative estimate of drug-likeness (QED) is 0.806. The average Bonchev–Trinajstić information content (AvgIpc) is 2.56. The summed E-state index contributed by atoms with van der Waals surface area (Å²) in [4.78, 5) is 25.0. The Hall–Kier alpha value is -1.03. The Bertz CT molecular complexity index is 315. The third kappa shape index (κ3) is 3.23. The first-order chi connectivity index (χ1) is 7.41. The molecule has 16 heavy (non-hydrogen) atoms. The van der Waals surface area contributed by atoms with Crippen LogP contribution in [0.1, 0.15) is 20.3 Å². The van der Waals surface area contributed by atoms with Crippen molar-refractivity contribution >= 4 is 23.4 Å². The first-order valence-corrected chi connectivity index (χ1v) is 5.70. The first kappa shape index (κ1) is 13.0. The molecule has 1 atom stereocenters. The lowest BCUT2D eigenvalue weighted by Crippen LogP contribution is -2.35. The van der Waals surface area contributed by atoms with E-state index in [1.54, 1.807) is 4.90 Å². The van der Waals surface area contributed by atoms with Crippen molar-refractivity contribution in [1.29, 1.82) is 0 Å². The molecule has 1 saturated heterocycles. The van der Waals surface area contributed by atoms with Gasteiger partial charge in [0.2, 0.25) is 11.8 Å². The Morgan fingerprint density at radius 3 is 2.75 bits per heavy atom. The molecule has 90 valence electrons. The Morgan fingerprint density at radius 2 is 2.31 bits per heavy atom. The number of nitrogens with one attached hydrogen (secondary N) is 1. The van der Waals surface area contributed by atoms with Crippen LogP contribution in [0.2, 0.25) is 0 Å². The van der Waals surface area contributed by atoms with E-state index in [1.165, 1.54) is 0 Å². The van der Waals surface area contributed by atoms with Gasteiger partial charge in [-0.1, -0.05) is 18.2 Å². The van der Waals surface area contributed by atoms with Gasteiger partial charge in [0.05, 0.1) is 12.5 Å². The Morgan fingerprint density at radius 1 is 1.69 bits per heavy atom. The van der Waals surface area contributed by atoms with Crippen molar-refractivity contribution in [2.45, 2.75) is 26.3 Å². The summed E-state index contributed by atoms with van der Waals surface area (Å²) in [5.74, 6) is -0.343. The molecule has 1 aliphatic rings. The molecule has 2 amide bonds. The number of hydrogen-bond donors (Lipinski definition) is 1. The highest BCUT2D eigenvalue weighted by molar-refractivity contribution is 6.29. The van der Waals surface area contributed by atoms with Crippen LogP contribution < -0.4 is 5.32 Å². The molecule has 5 heteroatoms. The Labute approximate surface area is 101 Å². The molecule has 0 aromatic rings. The summed E-state index contributed by atoms with van der Waals surface area (Å²) in [6.07, 6.45) is 0.290. The van der Waals surface area contributed by atoms with Crippen LogP contribution in [0.3, 0.4) is 0 Å². The predicted molar refractivity (Wildman–Crippen MR) is 63.0 cm³/mol. The summed E-state index contributed by atoms with van der Waals surface area (Å²) in [6, 6.07) is 0.147. The Kier molecular flexibility index (Phi) is 4.35. The highest BCUT2D eigenvalue weighted by Gasteiger charge is 2.35. The lowest BCUT2D eigenvalue weighted by Gasteiger charge is -2.20. The molecule has 0 saturated carbocycles. The first-order valence-electron chi connectivity index (χ1n) is 5.32. The van der Waals surface area contributed by atoms with Gasteiger partial charge in [0.1, 0.15) is 0 Å². The highest BCUT2D eigenvalue weighted by atomic mass is 35.5. The summed E-state index contributed by atoms with van der Waals surface area (Å²) in [6.45, 7) is 8.13. The zero-order valence-electron chi connectivity index (χ0n) is 9.62. The lowest BCUT2D eigenvalue weighted by atomic mass is 10.1. The van der Waals surface area contributed by atoms with Crippen molar-refractivity contribution in [2.75, 3.05) is 13.1 Å². The second-order valence-corrected chi connectivity index (χ2v) is 4.81. The van der Waals surface area contributed by atoms with Crippen LogP contribution in [0.5, 0.6) is 0 Å². The summed E-state index contributed by atoms with van der Waals surface area (Å²) in [7, 11) is 0. The number of rotatable bonds is 4. The average molecular weight is 245 g/mol. The van der Waals surface area contributed by atoms with Crippen molar-refractivity contribution in [2.24, 2.45) is 5.92 Å². The zero-order chi connectivity index (χ0) is 12.3. The molecular formula is C11H17ClN2O2. The van der Waals surface area contributed by atoms with Crippen molar-refractivity contribution in [3.05, 3.63) is 11.6 Å². The zero-order valence-corrected chi connectivity index (χ0v) is 10.4. The summed E-state index contributed by atoms with van der Waals surface area (Å²) < 4.78 is 0. The maximum absolute atomic E-state index is 11.7. The fourth-order valence-corrected chi connectivity index (χ4v) is 1.80. The second-order valence-electron chi connectivity index (χ2n) is 4.28. The van der Waals surface area contributed by atoms with E-state index in [2.05, 4.69) is 11.9 Å². The van der Waals surface area contributed by atoms with Crippen molar-refractivity contribution in [3.8, 4) is 0 Å². The van der Waals surface area contributed by atoms with Gasteiger partial charge in [-0.3, -0.25) is 9.59 Å². The molecule has 1 aliphatic heterocycles. The second kappa shape index (κ2) is 5.34. The van der Waals surface area contributed by atoms with Crippen LogP contribution in [0.25, 0.3) is 0 Å². The molecule has 0 bridgehead atoms. The number of amides is 2. The number of likely N-dealkylation sites (tertiary alicyclic amines) is 1. The van der Waals surface area contributed by atoms with Gasteiger partial charge in [-0.25, -0.2) is 0 Å². The number of halogens is 1. The van der Waals surface area contributed by atoms with Gasteiger partial charge in [-0.05, 0) is 13.8 Å². The molecule has 4 nitrogen and oxygen atoms in total. The molecule has 0 aliphatic carbocycles. The van der Waals surface area contributed by atoms with E-state index in [1.807, 2.05) is 13.8 Å². The predicted octanol–water partition coefficient (Wildman–Crippen LogP) is 1.11. The topological polar surface area (TPSA) is 49.4 Å². The van der Waals surface area contributed by atoms with E-state index in [0.717, 1.165) is 0 Å². The van der Waals surface area contributed by atoms with Crippen molar-refractivity contribution in [3.63, 3.8) is 0 Å². The fraction of sp³-hybridized carbons (Fsp3) is 0.636. The normalized spacial score (nSPS) is 20.4. The molecule has 0 aromatic carbocycles. The smallest absolute Gasteiger partial charge is 0.225 e. The van der Waals surface area contributed by atoms with Gasteiger partial charge in [0, 0.05) is 24.0 Å². The monoisotopic (exact) mass is 244 g/mol. The van der Waals surface area contributed by atoms with Gasteiger partial charge in [-0.2, -0.15) is 0 Å². The molecule has 1 rings (SSSR count). The van der Waals surface area contributed by atoms with Crippen LogP contribution in [0.15, 0.2) is 11.6 Å². The minimum Gasteiger partial charge on any atom is -0.351 e. The lowest BCUT2D eigenvalue weighted by molar-refractivity contribution is -0.129. The van der Waals surface area contributed by atoms with Crippen LogP contribution in [-0.4, -0.2) is 35.8 Å². The van der Waals surface area contributed by atoms with E-state index >= 15 is 0 Å². The van der Waals surface area contributed by atoms with Gasteiger partial charge < -0.3 is 10.2 Å². The van der Waals surface area contributed by atoms with E-state index in [-0.39, 0.29) is 30.3 Å². The van der Waals surface area contributed by atoms with Gasteiger partial charge in [-0.15, -0.1) is 0 Å². The van der Waals surface area contributed by atoms with E-state index in [0.29, 0.717) is 18.0 Å². The largest absolute Gasteiger partial charge is 0.351 e. The minimum absolute atomic E-state index is 0.0415. The van der Waals surface area contributed by atoms with E-state index < -0.39 is 0 Å². The number of hydrogen-bond acceptors (Lipinski definition) is 2. The van der Waals surface area contributed by atoms with Crippen LogP contribution in [-0.2, 0) is 9.59 Å². The number of carbonyl (C=O) groups is 2. The summed E-state index contributed by atoms with van der Waals surface area (Å²) in [5.41, 5.74) is 0. The third-order valence-corrected chi connectivity index (χ3v) is 2.74. The van der Waals surface area contributed by atoms with Gasteiger partial charge in [0.15, 0.2) is 0 Å². The Balaban J connectivity index is 2.48. The molecule has 1 N–H and O–H groups in total. The van der Waals surface area contributed by atoms with Crippen LogP contribution in [0.4, 0.5) is 0 Å². The fourth-order valence-electron chi connectivity index (χ4n) is 1.73. The minimum atomic E-state index is -0.258. The summed E-state index contributed by atoms with van der Waals surface area (Å²) >= 11 is 5.55. The van der Waals surface area contributed by atoms with E-state index in [9.17, 15) is 9.59 Å². The van der Waals surface area contributed by atoms with Crippen molar-refractivity contribution in [1.82, 2.24) is 10.2 Å². The van der Waals surface area contributed by atoms with E-state index in [4.69, 9.17) is 11.6 Å². The molecule has 1 heterocycles. The number of carbonyl (C=O) groups excluding carboxylic acids is 2. The number of nitrogens with zero attached hydrogens (tertiary/aromatic N) is 1. The summed E-state index contributed by atoms with van der Waals surface area (Å²) in [5, 5.41) is 3.04. The molecule has 0 radical (unpaired) electrons. The molecule has 0 aromatic heterocycles. The molecule has 1 unspecified atom stereocenters. The van der Waals surface area contributed by atoms with Crippen LogP contribution >= 0.6 is 11.6 Å².